The van der Waals surface area contributed by atoms with E-state index in [-0.39, 0.29) is 5.56 Å². The molecule has 1 aliphatic rings. The number of aliphatic carboxylic acids is 1. The van der Waals surface area contributed by atoms with E-state index < -0.39 is 5.97 Å². The summed E-state index contributed by atoms with van der Waals surface area (Å²) >= 11 is 0. The molecule has 2 rings (SSSR count). The maximum atomic E-state index is 12.4. The number of rotatable bonds is 6. The number of hydrogen-bond acceptors (Lipinski definition) is 3. The van der Waals surface area contributed by atoms with E-state index in [0.717, 1.165) is 43.0 Å². The Balaban J connectivity index is 2.38. The molecule has 5 heteroatoms. The highest BCUT2D eigenvalue weighted by atomic mass is 16.5. The van der Waals surface area contributed by atoms with Crippen LogP contribution in [-0.2, 0) is 28.9 Å². The van der Waals surface area contributed by atoms with Crippen molar-refractivity contribution in [3.8, 4) is 0 Å². The van der Waals surface area contributed by atoms with Crippen LogP contribution in [-0.4, -0.2) is 29.4 Å². The summed E-state index contributed by atoms with van der Waals surface area (Å²) in [6, 6.07) is 1.83. The van der Waals surface area contributed by atoms with Gasteiger partial charge in [-0.15, -0.1) is 0 Å². The zero-order chi connectivity index (χ0) is 14.5. The van der Waals surface area contributed by atoms with Crippen molar-refractivity contribution in [2.75, 3.05) is 13.7 Å². The van der Waals surface area contributed by atoms with Crippen LogP contribution in [0.1, 0.15) is 29.7 Å². The number of hydrogen-bond donors (Lipinski definition) is 1. The highest BCUT2D eigenvalue weighted by Gasteiger charge is 2.18. The van der Waals surface area contributed by atoms with Crippen molar-refractivity contribution in [3.63, 3.8) is 0 Å². The van der Waals surface area contributed by atoms with Crippen LogP contribution in [0, 0.1) is 0 Å². The van der Waals surface area contributed by atoms with E-state index in [0.29, 0.717) is 18.7 Å². The van der Waals surface area contributed by atoms with Crippen molar-refractivity contribution in [3.05, 3.63) is 39.3 Å². The molecule has 0 saturated heterocycles. The molecule has 1 heterocycles. The van der Waals surface area contributed by atoms with Crippen LogP contribution in [0.5, 0.6) is 0 Å². The molecule has 1 N–H and O–H groups in total. The highest BCUT2D eigenvalue weighted by Crippen LogP contribution is 2.22. The fourth-order valence-corrected chi connectivity index (χ4v) is 2.63. The molecule has 1 aromatic rings. The minimum absolute atomic E-state index is 0.112. The van der Waals surface area contributed by atoms with Gasteiger partial charge in [0.2, 0.25) is 0 Å². The summed E-state index contributed by atoms with van der Waals surface area (Å²) in [4.78, 5) is 23.0. The molecule has 0 radical (unpaired) electrons. The van der Waals surface area contributed by atoms with Gasteiger partial charge in [-0.3, -0.25) is 4.79 Å². The molecular weight excluding hydrogens is 258 g/mol. The van der Waals surface area contributed by atoms with E-state index >= 15 is 0 Å². The maximum absolute atomic E-state index is 12.4. The fourth-order valence-electron chi connectivity index (χ4n) is 2.63. The normalized spacial score (nSPS) is 13.8. The highest BCUT2D eigenvalue weighted by molar-refractivity contribution is 5.85. The molecule has 108 valence electrons. The van der Waals surface area contributed by atoms with Crippen molar-refractivity contribution in [2.24, 2.45) is 0 Å². The second-order valence-corrected chi connectivity index (χ2v) is 4.90. The number of nitrogens with zero attached hydrogens (tertiary/aromatic N) is 1. The summed E-state index contributed by atoms with van der Waals surface area (Å²) in [7, 11) is 1.64. The molecule has 1 aliphatic carbocycles. The first-order chi connectivity index (χ1) is 9.63. The second-order valence-electron chi connectivity index (χ2n) is 4.90. The van der Waals surface area contributed by atoms with Crippen molar-refractivity contribution in [1.29, 1.82) is 0 Å². The average Bonchev–Trinajstić information content (AvgIpc) is 2.87. The number of pyridine rings is 1. The van der Waals surface area contributed by atoms with Gasteiger partial charge in [0.15, 0.2) is 0 Å². The SMILES string of the molecule is COCCCn1c2c(cc(/C=C/C(=O)O)c1=O)CCC2. The number of aryl methyl sites for hydroxylation is 1. The number of fused-ring (bicyclic) bond motifs is 1. The lowest BCUT2D eigenvalue weighted by atomic mass is 10.1. The molecule has 0 atom stereocenters. The molecule has 0 aliphatic heterocycles. The zero-order valence-corrected chi connectivity index (χ0v) is 11.6. The third-order valence-electron chi connectivity index (χ3n) is 3.51. The van der Waals surface area contributed by atoms with E-state index in [1.807, 2.05) is 6.07 Å². The summed E-state index contributed by atoms with van der Waals surface area (Å²) in [6.45, 7) is 1.22. The molecular formula is C15H19NO4. The first-order valence-electron chi connectivity index (χ1n) is 6.79. The molecule has 0 spiro atoms. The second kappa shape index (κ2) is 6.52. The van der Waals surface area contributed by atoms with Gasteiger partial charge < -0.3 is 14.4 Å². The van der Waals surface area contributed by atoms with Gasteiger partial charge in [-0.25, -0.2) is 4.79 Å². The molecule has 0 bridgehead atoms. The lowest BCUT2D eigenvalue weighted by Crippen LogP contribution is -2.26. The third kappa shape index (κ3) is 3.17. The maximum Gasteiger partial charge on any atom is 0.328 e. The van der Waals surface area contributed by atoms with Gasteiger partial charge in [0.1, 0.15) is 0 Å². The Bertz CT molecular complexity index is 586. The summed E-state index contributed by atoms with van der Waals surface area (Å²) in [5, 5.41) is 8.69. The third-order valence-corrected chi connectivity index (χ3v) is 3.51. The molecule has 0 aromatic carbocycles. The lowest BCUT2D eigenvalue weighted by molar-refractivity contribution is -0.131. The number of carboxylic acids is 1. The van der Waals surface area contributed by atoms with Crippen LogP contribution < -0.4 is 5.56 Å². The van der Waals surface area contributed by atoms with Gasteiger partial charge in [0.05, 0.1) is 0 Å². The van der Waals surface area contributed by atoms with Crippen molar-refractivity contribution in [2.45, 2.75) is 32.2 Å². The number of aromatic nitrogens is 1. The quantitative estimate of drug-likeness (QED) is 0.631. The zero-order valence-electron chi connectivity index (χ0n) is 11.6. The molecule has 0 unspecified atom stereocenters. The molecule has 0 amide bonds. The number of methoxy groups -OCH3 is 1. The van der Waals surface area contributed by atoms with Crippen molar-refractivity contribution < 1.29 is 14.6 Å². The van der Waals surface area contributed by atoms with Crippen LogP contribution in [0.15, 0.2) is 16.9 Å². The van der Waals surface area contributed by atoms with Gasteiger partial charge in [0.25, 0.3) is 5.56 Å². The van der Waals surface area contributed by atoms with Crippen LogP contribution >= 0.6 is 0 Å². The van der Waals surface area contributed by atoms with Crippen LogP contribution in [0.25, 0.3) is 6.08 Å². The van der Waals surface area contributed by atoms with E-state index in [9.17, 15) is 9.59 Å². The Labute approximate surface area is 117 Å². The fraction of sp³-hybridized carbons (Fsp3) is 0.467. The van der Waals surface area contributed by atoms with E-state index in [1.165, 1.54) is 6.08 Å². The number of ether oxygens (including phenoxy) is 1. The van der Waals surface area contributed by atoms with Gasteiger partial charge in [-0.1, -0.05) is 0 Å². The van der Waals surface area contributed by atoms with Gasteiger partial charge in [0, 0.05) is 37.6 Å². The van der Waals surface area contributed by atoms with Gasteiger partial charge in [-0.2, -0.15) is 0 Å². The minimum Gasteiger partial charge on any atom is -0.478 e. The smallest absolute Gasteiger partial charge is 0.328 e. The van der Waals surface area contributed by atoms with Crippen molar-refractivity contribution >= 4 is 12.0 Å². The molecule has 1 aromatic heterocycles. The van der Waals surface area contributed by atoms with Gasteiger partial charge in [-0.05, 0) is 43.4 Å². The standard InChI is InChI=1S/C15H19NO4/c1-20-9-3-8-16-13-5-2-4-11(13)10-12(15(16)19)6-7-14(17)18/h6-7,10H,2-5,8-9H2,1H3,(H,17,18)/b7-6+. The van der Waals surface area contributed by atoms with Gasteiger partial charge >= 0.3 is 5.97 Å². The lowest BCUT2D eigenvalue weighted by Gasteiger charge is -2.13. The average molecular weight is 277 g/mol. The summed E-state index contributed by atoms with van der Waals surface area (Å²) < 4.78 is 6.81. The first kappa shape index (κ1) is 14.5. The largest absolute Gasteiger partial charge is 0.478 e. The van der Waals surface area contributed by atoms with E-state index in [1.54, 1.807) is 11.7 Å². The molecule has 0 fully saturated rings. The monoisotopic (exact) mass is 277 g/mol. The first-order valence-corrected chi connectivity index (χ1v) is 6.79. The number of carboxylic acid groups (broad SMARTS) is 1. The summed E-state index contributed by atoms with van der Waals surface area (Å²) in [5.74, 6) is -1.05. The molecule has 0 saturated carbocycles. The van der Waals surface area contributed by atoms with E-state index in [4.69, 9.17) is 9.84 Å². The molecule has 5 nitrogen and oxygen atoms in total. The Morgan fingerprint density at radius 1 is 1.50 bits per heavy atom. The van der Waals surface area contributed by atoms with Crippen LogP contribution in [0.2, 0.25) is 0 Å². The summed E-state index contributed by atoms with van der Waals surface area (Å²) in [6.07, 6.45) is 6.09. The minimum atomic E-state index is -1.05. The Morgan fingerprint density at radius 2 is 2.30 bits per heavy atom. The Kier molecular flexibility index (Phi) is 4.74. The van der Waals surface area contributed by atoms with Crippen LogP contribution in [0.3, 0.4) is 0 Å². The predicted molar refractivity (Wildman–Crippen MR) is 75.9 cm³/mol. The topological polar surface area (TPSA) is 68.5 Å². The predicted octanol–water partition coefficient (Wildman–Crippen LogP) is 1.47. The molecule has 20 heavy (non-hydrogen) atoms. The Morgan fingerprint density at radius 3 is 3.00 bits per heavy atom. The Hall–Kier alpha value is -1.88. The number of carbonyl (C=O) groups is 1. The summed E-state index contributed by atoms with van der Waals surface area (Å²) in [5.41, 5.74) is 2.59. The van der Waals surface area contributed by atoms with Crippen molar-refractivity contribution in [1.82, 2.24) is 4.57 Å². The van der Waals surface area contributed by atoms with E-state index in [2.05, 4.69) is 0 Å². The van der Waals surface area contributed by atoms with Crippen LogP contribution in [0.4, 0.5) is 0 Å².